The summed E-state index contributed by atoms with van der Waals surface area (Å²) in [5.41, 5.74) is 5.22. The zero-order valence-corrected chi connectivity index (χ0v) is 9.84. The van der Waals surface area contributed by atoms with Gasteiger partial charge in [0.2, 0.25) is 0 Å². The number of hydrogen-bond acceptors (Lipinski definition) is 2. The van der Waals surface area contributed by atoms with Gasteiger partial charge in [0.1, 0.15) is 10.7 Å². The second kappa shape index (κ2) is 4.10. The van der Waals surface area contributed by atoms with Crippen LogP contribution in [0.1, 0.15) is 6.92 Å². The van der Waals surface area contributed by atoms with Gasteiger partial charge >= 0.3 is 0 Å². The van der Waals surface area contributed by atoms with Crippen LogP contribution in [0.2, 0.25) is 0 Å². The Kier molecular flexibility index (Phi) is 3.28. The number of benzene rings is 1. The summed E-state index contributed by atoms with van der Waals surface area (Å²) in [6, 6.07) is 6.45. The summed E-state index contributed by atoms with van der Waals surface area (Å²) in [6.45, 7) is 1.42. The lowest BCUT2D eigenvalue weighted by molar-refractivity contribution is 0.597. The van der Waals surface area contributed by atoms with E-state index < -0.39 is 10.0 Å². The van der Waals surface area contributed by atoms with Crippen LogP contribution in [0, 0.1) is 0 Å². The Bertz CT molecular complexity index is 464. The van der Waals surface area contributed by atoms with Crippen molar-refractivity contribution in [3.63, 3.8) is 0 Å². The zero-order valence-electron chi connectivity index (χ0n) is 7.44. The van der Waals surface area contributed by atoms with E-state index in [4.69, 9.17) is 5.73 Å². The highest BCUT2D eigenvalue weighted by molar-refractivity contribution is 9.10. The molecule has 0 bridgehead atoms. The van der Waals surface area contributed by atoms with Crippen LogP contribution >= 0.6 is 15.9 Å². The Labute approximate surface area is 91.0 Å². The van der Waals surface area contributed by atoms with Crippen molar-refractivity contribution >= 4 is 31.8 Å². The van der Waals surface area contributed by atoms with Crippen molar-refractivity contribution < 1.29 is 8.42 Å². The van der Waals surface area contributed by atoms with Crippen molar-refractivity contribution in [1.82, 2.24) is 0 Å². The van der Waals surface area contributed by atoms with E-state index in [-0.39, 0.29) is 10.7 Å². The number of nitrogens with two attached hydrogens (primary N) is 1. The molecule has 0 heterocycles. The number of nitrogens with zero attached hydrogens (tertiary/aromatic N) is 1. The van der Waals surface area contributed by atoms with E-state index in [9.17, 15) is 8.42 Å². The van der Waals surface area contributed by atoms with E-state index in [1.165, 1.54) is 13.0 Å². The Morgan fingerprint density at radius 3 is 2.50 bits per heavy atom. The van der Waals surface area contributed by atoms with Crippen LogP contribution in [0.15, 0.2) is 38.0 Å². The van der Waals surface area contributed by atoms with Gasteiger partial charge < -0.3 is 5.73 Å². The van der Waals surface area contributed by atoms with E-state index in [1.54, 1.807) is 18.2 Å². The van der Waals surface area contributed by atoms with Crippen molar-refractivity contribution in [3.8, 4) is 0 Å². The van der Waals surface area contributed by atoms with E-state index in [1.807, 2.05) is 0 Å². The van der Waals surface area contributed by atoms with Crippen LogP contribution in [0.3, 0.4) is 0 Å². The maximum atomic E-state index is 11.6. The first-order valence-electron chi connectivity index (χ1n) is 3.75. The van der Waals surface area contributed by atoms with Crippen molar-refractivity contribution in [2.45, 2.75) is 11.8 Å². The monoisotopic (exact) mass is 276 g/mol. The van der Waals surface area contributed by atoms with Crippen LogP contribution in [-0.2, 0) is 10.0 Å². The molecule has 4 nitrogen and oxygen atoms in total. The summed E-state index contributed by atoms with van der Waals surface area (Å²) in [4.78, 5) is 0.116. The lowest BCUT2D eigenvalue weighted by Crippen LogP contribution is -2.10. The molecule has 0 aromatic heterocycles. The minimum Gasteiger partial charge on any atom is -0.387 e. The molecule has 0 spiro atoms. The van der Waals surface area contributed by atoms with E-state index in [0.29, 0.717) is 4.47 Å². The van der Waals surface area contributed by atoms with Crippen LogP contribution in [0.4, 0.5) is 0 Å². The largest absolute Gasteiger partial charge is 0.387 e. The maximum absolute atomic E-state index is 11.6. The molecule has 14 heavy (non-hydrogen) atoms. The molecule has 0 aliphatic rings. The smallest absolute Gasteiger partial charge is 0.285 e. The SMILES string of the molecule is C/C(N)=N\S(=O)(=O)c1ccccc1Br. The minimum absolute atomic E-state index is 0.0146. The quantitative estimate of drug-likeness (QED) is 0.658. The van der Waals surface area contributed by atoms with Crippen molar-refractivity contribution in [2.75, 3.05) is 0 Å². The molecular formula is C8H9BrN2O2S. The van der Waals surface area contributed by atoms with Crippen LogP contribution in [-0.4, -0.2) is 14.3 Å². The summed E-state index contributed by atoms with van der Waals surface area (Å²) < 4.78 is 27.0. The van der Waals surface area contributed by atoms with Gasteiger partial charge in [0.15, 0.2) is 0 Å². The van der Waals surface area contributed by atoms with Crippen LogP contribution in [0.5, 0.6) is 0 Å². The normalized spacial score (nSPS) is 12.9. The first kappa shape index (κ1) is 11.2. The minimum atomic E-state index is -3.67. The number of rotatable bonds is 2. The van der Waals surface area contributed by atoms with Crippen molar-refractivity contribution in [1.29, 1.82) is 0 Å². The molecule has 0 saturated carbocycles. The summed E-state index contributed by atoms with van der Waals surface area (Å²) in [5.74, 6) is 0.0146. The number of amidine groups is 1. The predicted molar refractivity (Wildman–Crippen MR) is 58.6 cm³/mol. The van der Waals surface area contributed by atoms with E-state index in [2.05, 4.69) is 20.3 Å². The first-order chi connectivity index (χ1) is 6.43. The Morgan fingerprint density at radius 1 is 1.43 bits per heavy atom. The fraction of sp³-hybridized carbons (Fsp3) is 0.125. The van der Waals surface area contributed by atoms with Gasteiger partial charge in [-0.3, -0.25) is 0 Å². The van der Waals surface area contributed by atoms with Gasteiger partial charge in [-0.25, -0.2) is 0 Å². The lowest BCUT2D eigenvalue weighted by Gasteiger charge is -2.01. The summed E-state index contributed by atoms with van der Waals surface area (Å²) >= 11 is 3.13. The molecule has 0 saturated heterocycles. The average Bonchev–Trinajstić information content (AvgIpc) is 2.02. The van der Waals surface area contributed by atoms with E-state index >= 15 is 0 Å². The summed E-state index contributed by atoms with van der Waals surface area (Å²) in [7, 11) is -3.67. The lowest BCUT2D eigenvalue weighted by atomic mass is 10.4. The highest BCUT2D eigenvalue weighted by atomic mass is 79.9. The average molecular weight is 277 g/mol. The highest BCUT2D eigenvalue weighted by Crippen LogP contribution is 2.22. The van der Waals surface area contributed by atoms with E-state index in [0.717, 1.165) is 0 Å². The molecule has 2 N–H and O–H groups in total. The molecule has 6 heteroatoms. The van der Waals surface area contributed by atoms with Gasteiger partial charge in [-0.2, -0.15) is 8.42 Å². The maximum Gasteiger partial charge on any atom is 0.285 e. The van der Waals surface area contributed by atoms with Crippen molar-refractivity contribution in [2.24, 2.45) is 10.1 Å². The van der Waals surface area contributed by atoms with Crippen LogP contribution in [0.25, 0.3) is 0 Å². The molecule has 0 amide bonds. The Morgan fingerprint density at radius 2 is 2.00 bits per heavy atom. The Hall–Kier alpha value is -0.880. The van der Waals surface area contributed by atoms with Gasteiger partial charge in [-0.15, -0.1) is 4.40 Å². The molecular weight excluding hydrogens is 268 g/mol. The fourth-order valence-corrected chi connectivity index (χ4v) is 2.83. The van der Waals surface area contributed by atoms with Gasteiger partial charge in [0.05, 0.1) is 0 Å². The zero-order chi connectivity index (χ0) is 10.8. The van der Waals surface area contributed by atoms with Gasteiger partial charge in [0.25, 0.3) is 10.0 Å². The third-order valence-corrected chi connectivity index (χ3v) is 3.77. The summed E-state index contributed by atoms with van der Waals surface area (Å²) in [5, 5.41) is 0. The third kappa shape index (κ3) is 2.55. The topological polar surface area (TPSA) is 72.5 Å². The van der Waals surface area contributed by atoms with Crippen LogP contribution < -0.4 is 5.73 Å². The second-order valence-electron chi connectivity index (χ2n) is 2.64. The van der Waals surface area contributed by atoms with Crippen molar-refractivity contribution in [3.05, 3.63) is 28.7 Å². The fourth-order valence-electron chi connectivity index (χ4n) is 0.893. The predicted octanol–water partition coefficient (Wildman–Crippen LogP) is 1.51. The summed E-state index contributed by atoms with van der Waals surface area (Å²) in [6.07, 6.45) is 0. The number of hydrogen-bond donors (Lipinski definition) is 1. The van der Waals surface area contributed by atoms with Gasteiger partial charge in [0, 0.05) is 4.47 Å². The first-order valence-corrected chi connectivity index (χ1v) is 5.98. The molecule has 0 atom stereocenters. The number of sulfonamides is 1. The molecule has 0 unspecified atom stereocenters. The van der Waals surface area contributed by atoms with Gasteiger partial charge in [-0.05, 0) is 35.0 Å². The second-order valence-corrected chi connectivity index (χ2v) is 5.07. The highest BCUT2D eigenvalue weighted by Gasteiger charge is 2.15. The molecule has 0 aliphatic carbocycles. The third-order valence-electron chi connectivity index (χ3n) is 1.38. The molecule has 1 aromatic rings. The number of halogens is 1. The standard InChI is InChI=1S/C8H9BrN2O2S/c1-6(10)11-14(12,13)8-5-3-2-4-7(8)9/h2-5H,1H3,(H2,10,11). The van der Waals surface area contributed by atoms with Gasteiger partial charge in [-0.1, -0.05) is 12.1 Å². The molecule has 1 rings (SSSR count). The molecule has 1 aromatic carbocycles. The molecule has 0 aliphatic heterocycles. The molecule has 76 valence electrons. The Balaban J connectivity index is 3.32. The molecule has 0 radical (unpaired) electrons. The molecule has 0 fully saturated rings.